The fourth-order valence-electron chi connectivity index (χ4n) is 3.50. The number of benzene rings is 1. The van der Waals surface area contributed by atoms with Crippen molar-refractivity contribution in [3.63, 3.8) is 0 Å². The van der Waals surface area contributed by atoms with Crippen LogP contribution >= 0.6 is 11.8 Å². The highest BCUT2D eigenvalue weighted by molar-refractivity contribution is 7.99. The lowest BCUT2D eigenvalue weighted by atomic mass is 10.2. The minimum atomic E-state index is 0.0530. The van der Waals surface area contributed by atoms with Crippen molar-refractivity contribution < 1.29 is 4.74 Å². The first-order valence-corrected chi connectivity index (χ1v) is 10.2. The number of rotatable bonds is 5. The summed E-state index contributed by atoms with van der Waals surface area (Å²) in [6, 6.07) is 7.75. The van der Waals surface area contributed by atoms with Gasteiger partial charge in [0, 0.05) is 31.9 Å². The molecule has 0 spiro atoms. The van der Waals surface area contributed by atoms with Gasteiger partial charge in [0.25, 0.3) is 5.56 Å². The maximum absolute atomic E-state index is 13.3. The van der Waals surface area contributed by atoms with Crippen LogP contribution in [0.25, 0.3) is 5.69 Å². The molecule has 0 amide bonds. The molecule has 2 aliphatic heterocycles. The summed E-state index contributed by atoms with van der Waals surface area (Å²) in [7, 11) is 0. The molecule has 1 aromatic heterocycles. The van der Waals surface area contributed by atoms with E-state index in [4.69, 9.17) is 9.72 Å². The molecule has 1 fully saturated rings. The molecule has 26 heavy (non-hydrogen) atoms. The Morgan fingerprint density at radius 3 is 2.88 bits per heavy atom. The number of ether oxygens (including phenoxy) is 1. The lowest BCUT2D eigenvalue weighted by Gasteiger charge is -2.28. The molecule has 138 valence electrons. The van der Waals surface area contributed by atoms with Crippen molar-refractivity contribution in [3.05, 3.63) is 46.0 Å². The first-order valence-electron chi connectivity index (χ1n) is 9.21. The first kappa shape index (κ1) is 17.6. The summed E-state index contributed by atoms with van der Waals surface area (Å²) < 4.78 is 7.57. The molecular weight excluding hydrogens is 348 g/mol. The van der Waals surface area contributed by atoms with Gasteiger partial charge in [-0.1, -0.05) is 12.1 Å². The molecule has 0 unspecified atom stereocenters. The molecule has 2 aromatic rings. The summed E-state index contributed by atoms with van der Waals surface area (Å²) >= 11 is 1.69. The number of aromatic nitrogens is 2. The largest absolute Gasteiger partial charge is 0.492 e. The summed E-state index contributed by atoms with van der Waals surface area (Å²) in [5.41, 5.74) is 1.68. The second-order valence-electron chi connectivity index (χ2n) is 6.48. The lowest BCUT2D eigenvalue weighted by molar-refractivity contribution is 0.225. The van der Waals surface area contributed by atoms with Crippen molar-refractivity contribution >= 4 is 11.8 Å². The monoisotopic (exact) mass is 372 g/mol. The maximum Gasteiger partial charge on any atom is 0.262 e. The minimum Gasteiger partial charge on any atom is -0.492 e. The molecule has 1 N–H and O–H groups in total. The maximum atomic E-state index is 13.3. The SMILES string of the molecule is CCOc1ccccc1-n1c(CN2CCNCC2)nc2c(c1=O)CCS2. The van der Waals surface area contributed by atoms with E-state index in [0.717, 1.165) is 66.2 Å². The molecule has 4 rings (SSSR count). The highest BCUT2D eigenvalue weighted by Crippen LogP contribution is 2.29. The molecule has 0 bridgehead atoms. The Labute approximate surface area is 157 Å². The number of hydrogen-bond donors (Lipinski definition) is 1. The summed E-state index contributed by atoms with van der Waals surface area (Å²) in [5, 5.41) is 4.28. The molecule has 6 nitrogen and oxygen atoms in total. The summed E-state index contributed by atoms with van der Waals surface area (Å²) in [6.07, 6.45) is 0.788. The van der Waals surface area contributed by atoms with Crippen LogP contribution in [0.1, 0.15) is 18.3 Å². The quantitative estimate of drug-likeness (QED) is 0.806. The van der Waals surface area contributed by atoms with Crippen LogP contribution in [0.15, 0.2) is 34.1 Å². The second kappa shape index (κ2) is 7.82. The number of hydrogen-bond acceptors (Lipinski definition) is 6. The van der Waals surface area contributed by atoms with Crippen molar-refractivity contribution in [2.24, 2.45) is 0 Å². The smallest absolute Gasteiger partial charge is 0.262 e. The first-order chi connectivity index (χ1) is 12.8. The Morgan fingerprint density at radius 1 is 1.27 bits per heavy atom. The average Bonchev–Trinajstić information content (AvgIpc) is 3.13. The van der Waals surface area contributed by atoms with Crippen molar-refractivity contribution in [1.29, 1.82) is 0 Å². The van der Waals surface area contributed by atoms with Gasteiger partial charge in [-0.15, -0.1) is 11.8 Å². The molecule has 0 aliphatic carbocycles. The molecule has 0 saturated carbocycles. The van der Waals surface area contributed by atoms with E-state index in [2.05, 4.69) is 10.2 Å². The molecule has 0 atom stereocenters. The van der Waals surface area contributed by atoms with Crippen LogP contribution in [0.2, 0.25) is 0 Å². The molecule has 2 aliphatic rings. The number of fused-ring (bicyclic) bond motifs is 1. The number of thioether (sulfide) groups is 1. The van der Waals surface area contributed by atoms with E-state index in [1.807, 2.05) is 31.2 Å². The van der Waals surface area contributed by atoms with Crippen LogP contribution in [0, 0.1) is 0 Å². The van der Waals surface area contributed by atoms with Crippen LogP contribution in [-0.4, -0.2) is 53.0 Å². The van der Waals surface area contributed by atoms with E-state index >= 15 is 0 Å². The second-order valence-corrected chi connectivity index (χ2v) is 7.56. The standard InChI is InChI=1S/C19H24N4O2S/c1-2-25-16-6-4-3-5-15(16)23-17(13-22-10-8-20-9-11-22)21-18-14(19(23)24)7-12-26-18/h3-6,20H,2,7-13H2,1H3. The zero-order chi connectivity index (χ0) is 17.9. The molecular formula is C19H24N4O2S. The Hall–Kier alpha value is -1.83. The normalized spacial score (nSPS) is 17.3. The van der Waals surface area contributed by atoms with Gasteiger partial charge in [0.2, 0.25) is 0 Å². The lowest BCUT2D eigenvalue weighted by Crippen LogP contribution is -2.44. The van der Waals surface area contributed by atoms with Crippen molar-refractivity contribution in [3.8, 4) is 11.4 Å². The highest BCUT2D eigenvalue weighted by Gasteiger charge is 2.24. The van der Waals surface area contributed by atoms with Crippen LogP contribution in [-0.2, 0) is 13.0 Å². The topological polar surface area (TPSA) is 59.4 Å². The van der Waals surface area contributed by atoms with Gasteiger partial charge in [0.1, 0.15) is 16.6 Å². The van der Waals surface area contributed by atoms with E-state index in [-0.39, 0.29) is 5.56 Å². The molecule has 0 radical (unpaired) electrons. The summed E-state index contributed by atoms with van der Waals surface area (Å²) in [4.78, 5) is 20.5. The number of nitrogens with zero attached hydrogens (tertiary/aromatic N) is 3. The highest BCUT2D eigenvalue weighted by atomic mass is 32.2. The van der Waals surface area contributed by atoms with E-state index in [1.54, 1.807) is 16.3 Å². The molecule has 7 heteroatoms. The van der Waals surface area contributed by atoms with Gasteiger partial charge < -0.3 is 10.1 Å². The van der Waals surface area contributed by atoms with Gasteiger partial charge >= 0.3 is 0 Å². The third-order valence-electron chi connectivity index (χ3n) is 4.78. The molecule has 1 saturated heterocycles. The number of para-hydroxylation sites is 2. The number of nitrogens with one attached hydrogen (secondary N) is 1. The van der Waals surface area contributed by atoms with Crippen LogP contribution < -0.4 is 15.6 Å². The average molecular weight is 372 g/mol. The fraction of sp³-hybridized carbons (Fsp3) is 0.474. The third-order valence-corrected chi connectivity index (χ3v) is 5.80. The van der Waals surface area contributed by atoms with Gasteiger partial charge in [0.05, 0.1) is 24.4 Å². The zero-order valence-corrected chi connectivity index (χ0v) is 15.8. The van der Waals surface area contributed by atoms with Gasteiger partial charge in [-0.05, 0) is 25.5 Å². The molecule has 3 heterocycles. The summed E-state index contributed by atoms with van der Waals surface area (Å²) in [6.45, 7) is 7.07. The van der Waals surface area contributed by atoms with Crippen LogP contribution in [0.5, 0.6) is 5.75 Å². The van der Waals surface area contributed by atoms with Gasteiger partial charge in [-0.2, -0.15) is 0 Å². The zero-order valence-electron chi connectivity index (χ0n) is 15.0. The van der Waals surface area contributed by atoms with Gasteiger partial charge in [-0.25, -0.2) is 4.98 Å². The third kappa shape index (κ3) is 3.39. The van der Waals surface area contributed by atoms with Crippen LogP contribution in [0.3, 0.4) is 0 Å². The van der Waals surface area contributed by atoms with Gasteiger partial charge in [-0.3, -0.25) is 14.3 Å². The minimum absolute atomic E-state index is 0.0530. The van der Waals surface area contributed by atoms with Crippen molar-refractivity contribution in [2.75, 3.05) is 38.5 Å². The van der Waals surface area contributed by atoms with Gasteiger partial charge in [0.15, 0.2) is 0 Å². The Kier molecular flexibility index (Phi) is 5.28. The number of piperazine rings is 1. The molecule has 1 aromatic carbocycles. The van der Waals surface area contributed by atoms with Crippen molar-refractivity contribution in [1.82, 2.24) is 19.8 Å². The van der Waals surface area contributed by atoms with E-state index in [0.29, 0.717) is 13.2 Å². The van der Waals surface area contributed by atoms with E-state index in [9.17, 15) is 4.79 Å². The Balaban J connectivity index is 1.83. The van der Waals surface area contributed by atoms with E-state index in [1.165, 1.54) is 0 Å². The summed E-state index contributed by atoms with van der Waals surface area (Å²) in [5.74, 6) is 2.46. The van der Waals surface area contributed by atoms with E-state index < -0.39 is 0 Å². The predicted molar refractivity (Wildman–Crippen MR) is 104 cm³/mol. The fourth-order valence-corrected chi connectivity index (χ4v) is 4.54. The van der Waals surface area contributed by atoms with Crippen LogP contribution in [0.4, 0.5) is 0 Å². The Bertz CT molecular complexity index is 846. The predicted octanol–water partition coefficient (Wildman–Crippen LogP) is 1.68. The van der Waals surface area contributed by atoms with Crippen molar-refractivity contribution in [2.45, 2.75) is 24.9 Å². The Morgan fingerprint density at radius 2 is 2.08 bits per heavy atom.